The maximum atomic E-state index is 6.17. The van der Waals surface area contributed by atoms with E-state index in [2.05, 4.69) is 41.8 Å². The fourth-order valence-corrected chi connectivity index (χ4v) is 3.82. The van der Waals surface area contributed by atoms with E-state index >= 15 is 0 Å². The van der Waals surface area contributed by atoms with Crippen molar-refractivity contribution in [2.75, 3.05) is 39.5 Å². The van der Waals surface area contributed by atoms with Crippen LogP contribution in [0, 0.1) is 12.8 Å². The lowest BCUT2D eigenvalue weighted by Gasteiger charge is -2.31. The van der Waals surface area contributed by atoms with E-state index in [1.807, 2.05) is 19.1 Å². The van der Waals surface area contributed by atoms with Gasteiger partial charge in [0.2, 0.25) is 0 Å². The van der Waals surface area contributed by atoms with Gasteiger partial charge in [-0.15, -0.1) is 24.0 Å². The van der Waals surface area contributed by atoms with Gasteiger partial charge in [-0.05, 0) is 50.8 Å². The third-order valence-corrected chi connectivity index (χ3v) is 5.54. The van der Waals surface area contributed by atoms with Crippen molar-refractivity contribution in [2.24, 2.45) is 10.9 Å². The van der Waals surface area contributed by atoms with Crippen molar-refractivity contribution in [3.63, 3.8) is 0 Å². The molecule has 1 fully saturated rings. The standard InChI is InChI=1S/C25H37N3O3.HI/c1-3-29-16-6-14-26-25(27-15-13-23-8-5-17-30-23)28-19-22-7-4-18-31-24(22)21-11-9-20(2)10-12-21;/h5,8-12,17,22,24H,3-4,6-7,13-16,18-19H2,1-2H3,(H2,26,27,28);1H. The van der Waals surface area contributed by atoms with Crippen LogP contribution in [0.4, 0.5) is 0 Å². The van der Waals surface area contributed by atoms with Crippen LogP contribution in [0.2, 0.25) is 0 Å². The molecular formula is C25H38IN3O3. The molecule has 7 heteroatoms. The Morgan fingerprint density at radius 3 is 2.72 bits per heavy atom. The average Bonchev–Trinajstić information content (AvgIpc) is 3.31. The first-order valence-electron chi connectivity index (χ1n) is 11.6. The quantitative estimate of drug-likeness (QED) is 0.179. The van der Waals surface area contributed by atoms with E-state index in [0.29, 0.717) is 5.92 Å². The van der Waals surface area contributed by atoms with E-state index in [1.54, 1.807) is 6.26 Å². The molecular weight excluding hydrogens is 517 g/mol. The molecule has 0 aliphatic carbocycles. The second-order valence-electron chi connectivity index (χ2n) is 8.03. The molecule has 0 spiro atoms. The van der Waals surface area contributed by atoms with Crippen molar-refractivity contribution >= 4 is 29.9 Å². The molecule has 178 valence electrons. The van der Waals surface area contributed by atoms with Crippen molar-refractivity contribution < 1.29 is 13.9 Å². The number of guanidine groups is 1. The first-order valence-corrected chi connectivity index (χ1v) is 11.6. The van der Waals surface area contributed by atoms with Crippen LogP contribution in [0.5, 0.6) is 0 Å². The number of aryl methyl sites for hydroxylation is 1. The Morgan fingerprint density at radius 1 is 1.16 bits per heavy atom. The number of rotatable bonds is 11. The SMILES string of the molecule is CCOCCCNC(=NCC1CCCOC1c1ccc(C)cc1)NCCc1ccco1.I. The molecule has 1 aliphatic rings. The van der Waals surface area contributed by atoms with Crippen LogP contribution in [0.3, 0.4) is 0 Å². The summed E-state index contributed by atoms with van der Waals surface area (Å²) in [7, 11) is 0. The number of halogens is 1. The average molecular weight is 556 g/mol. The first kappa shape index (κ1) is 26.7. The molecule has 1 aromatic heterocycles. The van der Waals surface area contributed by atoms with Crippen molar-refractivity contribution in [3.05, 3.63) is 59.5 Å². The summed E-state index contributed by atoms with van der Waals surface area (Å²) in [6.07, 6.45) is 5.82. The highest BCUT2D eigenvalue weighted by molar-refractivity contribution is 14.0. The van der Waals surface area contributed by atoms with E-state index in [-0.39, 0.29) is 30.1 Å². The number of benzene rings is 1. The molecule has 1 saturated heterocycles. The predicted octanol–water partition coefficient (Wildman–Crippen LogP) is 4.88. The maximum absolute atomic E-state index is 6.17. The van der Waals surface area contributed by atoms with Crippen LogP contribution in [-0.2, 0) is 15.9 Å². The third kappa shape index (κ3) is 9.11. The van der Waals surface area contributed by atoms with Gasteiger partial charge in [-0.3, -0.25) is 4.99 Å². The molecule has 2 atom stereocenters. The number of nitrogens with one attached hydrogen (secondary N) is 2. The van der Waals surface area contributed by atoms with Gasteiger partial charge in [0.25, 0.3) is 0 Å². The van der Waals surface area contributed by atoms with Crippen LogP contribution in [-0.4, -0.2) is 45.4 Å². The summed E-state index contributed by atoms with van der Waals surface area (Å²) >= 11 is 0. The van der Waals surface area contributed by atoms with Crippen LogP contribution in [0.1, 0.15) is 49.2 Å². The summed E-state index contributed by atoms with van der Waals surface area (Å²) in [5.74, 6) is 2.20. The van der Waals surface area contributed by atoms with Crippen LogP contribution < -0.4 is 10.6 Å². The highest BCUT2D eigenvalue weighted by atomic mass is 127. The monoisotopic (exact) mass is 555 g/mol. The largest absolute Gasteiger partial charge is 0.469 e. The Morgan fingerprint density at radius 2 is 1.97 bits per heavy atom. The number of nitrogens with zero attached hydrogens (tertiary/aromatic N) is 1. The van der Waals surface area contributed by atoms with Crippen molar-refractivity contribution in [1.82, 2.24) is 10.6 Å². The molecule has 0 saturated carbocycles. The minimum atomic E-state index is 0. The zero-order chi connectivity index (χ0) is 21.7. The van der Waals surface area contributed by atoms with Gasteiger partial charge >= 0.3 is 0 Å². The summed E-state index contributed by atoms with van der Waals surface area (Å²) < 4.78 is 17.0. The van der Waals surface area contributed by atoms with Gasteiger partial charge in [-0.2, -0.15) is 0 Å². The molecule has 1 aromatic carbocycles. The molecule has 0 radical (unpaired) electrons. The molecule has 6 nitrogen and oxygen atoms in total. The maximum Gasteiger partial charge on any atom is 0.191 e. The molecule has 1 aliphatic heterocycles. The Balaban J connectivity index is 0.00000363. The molecule has 0 bridgehead atoms. The number of furan rings is 1. The van der Waals surface area contributed by atoms with Crippen molar-refractivity contribution in [1.29, 1.82) is 0 Å². The van der Waals surface area contributed by atoms with Gasteiger partial charge in [-0.1, -0.05) is 29.8 Å². The summed E-state index contributed by atoms with van der Waals surface area (Å²) in [5, 5.41) is 6.90. The summed E-state index contributed by atoms with van der Waals surface area (Å²) in [5.41, 5.74) is 2.52. The number of aliphatic imine (C=N–C) groups is 1. The van der Waals surface area contributed by atoms with Crippen LogP contribution in [0.25, 0.3) is 0 Å². The van der Waals surface area contributed by atoms with Gasteiger partial charge < -0.3 is 24.5 Å². The summed E-state index contributed by atoms with van der Waals surface area (Å²) in [6.45, 7) is 8.81. The second kappa shape index (κ2) is 15.3. The van der Waals surface area contributed by atoms with E-state index < -0.39 is 0 Å². The third-order valence-electron chi connectivity index (χ3n) is 5.54. The number of ether oxygens (including phenoxy) is 2. The first-order chi connectivity index (χ1) is 15.3. The van der Waals surface area contributed by atoms with Gasteiger partial charge in [0, 0.05) is 51.8 Å². The molecule has 2 unspecified atom stereocenters. The van der Waals surface area contributed by atoms with E-state index in [0.717, 1.165) is 76.9 Å². The molecule has 32 heavy (non-hydrogen) atoms. The van der Waals surface area contributed by atoms with Gasteiger partial charge in [-0.25, -0.2) is 0 Å². The zero-order valence-corrected chi connectivity index (χ0v) is 21.7. The Hall–Kier alpha value is -1.58. The fourth-order valence-electron chi connectivity index (χ4n) is 3.82. The highest BCUT2D eigenvalue weighted by Gasteiger charge is 2.27. The summed E-state index contributed by atoms with van der Waals surface area (Å²) in [6, 6.07) is 12.6. The van der Waals surface area contributed by atoms with Crippen LogP contribution in [0.15, 0.2) is 52.1 Å². The lowest BCUT2D eigenvalue weighted by molar-refractivity contribution is -0.0250. The molecule has 0 amide bonds. The summed E-state index contributed by atoms with van der Waals surface area (Å²) in [4.78, 5) is 4.92. The molecule has 2 N–H and O–H groups in total. The van der Waals surface area contributed by atoms with Crippen LogP contribution >= 0.6 is 24.0 Å². The zero-order valence-electron chi connectivity index (χ0n) is 19.3. The lowest BCUT2D eigenvalue weighted by atomic mass is 9.89. The number of hydrogen-bond acceptors (Lipinski definition) is 4. The van der Waals surface area contributed by atoms with E-state index in [9.17, 15) is 0 Å². The minimum absolute atomic E-state index is 0. The minimum Gasteiger partial charge on any atom is -0.469 e. The lowest BCUT2D eigenvalue weighted by Crippen LogP contribution is -2.40. The van der Waals surface area contributed by atoms with E-state index in [4.69, 9.17) is 18.9 Å². The number of hydrogen-bond donors (Lipinski definition) is 2. The topological polar surface area (TPSA) is 68.0 Å². The smallest absolute Gasteiger partial charge is 0.191 e. The molecule has 3 rings (SSSR count). The molecule has 2 heterocycles. The fraction of sp³-hybridized carbons (Fsp3) is 0.560. The normalized spacial score (nSPS) is 18.8. The van der Waals surface area contributed by atoms with Gasteiger partial charge in [0.1, 0.15) is 5.76 Å². The highest BCUT2D eigenvalue weighted by Crippen LogP contribution is 2.33. The Labute approximate surface area is 209 Å². The van der Waals surface area contributed by atoms with Gasteiger partial charge in [0.15, 0.2) is 5.96 Å². The van der Waals surface area contributed by atoms with Crippen molar-refractivity contribution in [2.45, 2.75) is 45.6 Å². The predicted molar refractivity (Wildman–Crippen MR) is 140 cm³/mol. The van der Waals surface area contributed by atoms with Gasteiger partial charge in [0.05, 0.1) is 12.4 Å². The van der Waals surface area contributed by atoms with E-state index in [1.165, 1.54) is 11.1 Å². The Kier molecular flexibility index (Phi) is 12.7. The van der Waals surface area contributed by atoms with Crippen molar-refractivity contribution in [3.8, 4) is 0 Å². The Bertz CT molecular complexity index is 765. The molecule has 2 aromatic rings. The second-order valence-corrected chi connectivity index (χ2v) is 8.03.